The van der Waals surface area contributed by atoms with E-state index in [2.05, 4.69) is 20.2 Å². The highest BCUT2D eigenvalue weighted by atomic mass is 35.5. The quantitative estimate of drug-likeness (QED) is 0.845. The molecule has 138 valence electrons. The highest BCUT2D eigenvalue weighted by Crippen LogP contribution is 2.25. The molecule has 0 unspecified atom stereocenters. The Morgan fingerprint density at radius 3 is 2.50 bits per heavy atom. The molecule has 6 nitrogen and oxygen atoms in total. The molecule has 1 N–H and O–H groups in total. The Kier molecular flexibility index (Phi) is 6.16. The number of anilines is 2. The summed E-state index contributed by atoms with van der Waals surface area (Å²) in [6.45, 7) is 5.57. The van der Waals surface area contributed by atoms with Crippen LogP contribution in [0.3, 0.4) is 0 Å². The third-order valence-corrected chi connectivity index (χ3v) is 5.06. The first-order valence-electron chi connectivity index (χ1n) is 8.60. The first kappa shape index (κ1) is 18.7. The van der Waals surface area contributed by atoms with Crippen molar-refractivity contribution in [2.45, 2.75) is 13.3 Å². The molecule has 1 aliphatic heterocycles. The lowest BCUT2D eigenvalue weighted by molar-refractivity contribution is -0.130. The van der Waals surface area contributed by atoms with Gasteiger partial charge in [-0.15, -0.1) is 0 Å². The van der Waals surface area contributed by atoms with Crippen molar-refractivity contribution in [2.75, 3.05) is 42.9 Å². The normalized spacial score (nSPS) is 14.4. The van der Waals surface area contributed by atoms with Gasteiger partial charge in [-0.05, 0) is 24.6 Å². The van der Waals surface area contributed by atoms with Crippen LogP contribution in [0.2, 0.25) is 10.0 Å². The summed E-state index contributed by atoms with van der Waals surface area (Å²) in [4.78, 5) is 25.2. The van der Waals surface area contributed by atoms with Gasteiger partial charge in [-0.2, -0.15) is 0 Å². The molecule has 2 aromatic rings. The van der Waals surface area contributed by atoms with E-state index in [4.69, 9.17) is 23.2 Å². The van der Waals surface area contributed by atoms with E-state index in [0.29, 0.717) is 28.7 Å². The van der Waals surface area contributed by atoms with Crippen molar-refractivity contribution < 1.29 is 4.79 Å². The van der Waals surface area contributed by atoms with Gasteiger partial charge in [0.05, 0.1) is 6.42 Å². The van der Waals surface area contributed by atoms with E-state index in [1.807, 2.05) is 17.9 Å². The lowest BCUT2D eigenvalue weighted by Gasteiger charge is -2.35. The summed E-state index contributed by atoms with van der Waals surface area (Å²) in [5.41, 5.74) is 0.689. The molecule has 3 rings (SSSR count). The highest BCUT2D eigenvalue weighted by Gasteiger charge is 2.23. The van der Waals surface area contributed by atoms with Crippen molar-refractivity contribution in [1.82, 2.24) is 14.9 Å². The second-order valence-corrected chi connectivity index (χ2v) is 6.85. The summed E-state index contributed by atoms with van der Waals surface area (Å²) in [6.07, 6.45) is 1.78. The summed E-state index contributed by atoms with van der Waals surface area (Å²) < 4.78 is 0. The molecular formula is C18H21Cl2N5O. The van der Waals surface area contributed by atoms with Gasteiger partial charge in [-0.25, -0.2) is 9.97 Å². The molecule has 8 heteroatoms. The SMILES string of the molecule is CCNc1cc(N2CCN(C(=O)Cc3c(Cl)cccc3Cl)CC2)ncn1. The molecule has 1 saturated heterocycles. The summed E-state index contributed by atoms with van der Waals surface area (Å²) in [5.74, 6) is 1.72. The van der Waals surface area contributed by atoms with E-state index in [1.165, 1.54) is 0 Å². The van der Waals surface area contributed by atoms with Crippen molar-refractivity contribution in [3.05, 3.63) is 46.2 Å². The lowest BCUT2D eigenvalue weighted by atomic mass is 10.1. The van der Waals surface area contributed by atoms with Crippen LogP contribution in [0.15, 0.2) is 30.6 Å². The minimum atomic E-state index is 0.0377. The summed E-state index contributed by atoms with van der Waals surface area (Å²) >= 11 is 12.3. The fourth-order valence-corrected chi connectivity index (χ4v) is 3.48. The second kappa shape index (κ2) is 8.56. The van der Waals surface area contributed by atoms with Crippen LogP contribution >= 0.6 is 23.2 Å². The number of nitrogens with one attached hydrogen (secondary N) is 1. The lowest BCUT2D eigenvalue weighted by Crippen LogP contribution is -2.49. The van der Waals surface area contributed by atoms with Gasteiger partial charge >= 0.3 is 0 Å². The third kappa shape index (κ3) is 4.37. The Hall–Kier alpha value is -2.05. The summed E-state index contributed by atoms with van der Waals surface area (Å²) in [6, 6.07) is 7.22. The molecule has 0 spiro atoms. The number of aromatic nitrogens is 2. The first-order chi connectivity index (χ1) is 12.6. The van der Waals surface area contributed by atoms with E-state index >= 15 is 0 Å². The molecule has 1 aromatic heterocycles. The van der Waals surface area contributed by atoms with Crippen LogP contribution in [0.4, 0.5) is 11.6 Å². The van der Waals surface area contributed by atoms with Crippen LogP contribution in [-0.4, -0.2) is 53.5 Å². The van der Waals surface area contributed by atoms with Crippen molar-refractivity contribution in [3.63, 3.8) is 0 Å². The van der Waals surface area contributed by atoms with Gasteiger partial charge in [0, 0.05) is 48.8 Å². The minimum absolute atomic E-state index is 0.0377. The van der Waals surface area contributed by atoms with Gasteiger partial charge in [-0.1, -0.05) is 29.3 Å². The zero-order chi connectivity index (χ0) is 18.5. The molecule has 1 aromatic carbocycles. The van der Waals surface area contributed by atoms with Crippen molar-refractivity contribution in [2.24, 2.45) is 0 Å². The molecular weight excluding hydrogens is 373 g/mol. The maximum absolute atomic E-state index is 12.6. The van der Waals surface area contributed by atoms with E-state index in [-0.39, 0.29) is 12.3 Å². The van der Waals surface area contributed by atoms with Crippen molar-refractivity contribution in [1.29, 1.82) is 0 Å². The molecule has 0 radical (unpaired) electrons. The first-order valence-corrected chi connectivity index (χ1v) is 9.35. The van der Waals surface area contributed by atoms with Crippen molar-refractivity contribution in [3.8, 4) is 0 Å². The zero-order valence-corrected chi connectivity index (χ0v) is 16.1. The standard InChI is InChI=1S/C18H21Cl2N5O/c1-2-21-16-11-17(23-12-22-16)24-6-8-25(9-7-24)18(26)10-13-14(19)4-3-5-15(13)20/h3-5,11-12H,2,6-10H2,1H3,(H,21,22,23). The number of amides is 1. The molecule has 26 heavy (non-hydrogen) atoms. The van der Waals surface area contributed by atoms with Crippen LogP contribution in [0, 0.1) is 0 Å². The average Bonchev–Trinajstić information content (AvgIpc) is 2.65. The Morgan fingerprint density at radius 2 is 1.85 bits per heavy atom. The zero-order valence-electron chi connectivity index (χ0n) is 14.6. The number of hydrogen-bond acceptors (Lipinski definition) is 5. The van der Waals surface area contributed by atoms with Gasteiger partial charge in [-0.3, -0.25) is 4.79 Å². The Morgan fingerprint density at radius 1 is 1.15 bits per heavy atom. The molecule has 0 bridgehead atoms. The molecule has 1 aliphatic rings. The fraction of sp³-hybridized carbons (Fsp3) is 0.389. The maximum atomic E-state index is 12.6. The van der Waals surface area contributed by atoms with E-state index in [1.54, 1.807) is 24.5 Å². The minimum Gasteiger partial charge on any atom is -0.370 e. The predicted molar refractivity (Wildman–Crippen MR) is 105 cm³/mol. The fourth-order valence-electron chi connectivity index (χ4n) is 2.95. The number of carbonyl (C=O) groups is 1. The number of nitrogens with zero attached hydrogens (tertiary/aromatic N) is 4. The molecule has 0 saturated carbocycles. The molecule has 2 heterocycles. The van der Waals surface area contributed by atoms with Crippen molar-refractivity contribution >= 4 is 40.7 Å². The van der Waals surface area contributed by atoms with E-state index < -0.39 is 0 Å². The van der Waals surface area contributed by atoms with Gasteiger partial charge < -0.3 is 15.1 Å². The van der Waals surface area contributed by atoms with Gasteiger partial charge in [0.1, 0.15) is 18.0 Å². The third-order valence-electron chi connectivity index (χ3n) is 4.36. The molecule has 0 atom stereocenters. The van der Waals surface area contributed by atoms with E-state index in [0.717, 1.165) is 31.3 Å². The number of rotatable bonds is 5. The Labute approximate surface area is 163 Å². The maximum Gasteiger partial charge on any atom is 0.227 e. The number of piperazine rings is 1. The Balaban J connectivity index is 1.60. The molecule has 1 fully saturated rings. The number of halogens is 2. The molecule has 0 aliphatic carbocycles. The molecule has 1 amide bonds. The number of benzene rings is 1. The van der Waals surface area contributed by atoms with Crippen LogP contribution in [0.1, 0.15) is 12.5 Å². The monoisotopic (exact) mass is 393 g/mol. The largest absolute Gasteiger partial charge is 0.370 e. The van der Waals surface area contributed by atoms with Crippen LogP contribution < -0.4 is 10.2 Å². The van der Waals surface area contributed by atoms with Gasteiger partial charge in [0.2, 0.25) is 5.91 Å². The number of hydrogen-bond donors (Lipinski definition) is 1. The smallest absolute Gasteiger partial charge is 0.227 e. The van der Waals surface area contributed by atoms with Crippen LogP contribution in [-0.2, 0) is 11.2 Å². The van der Waals surface area contributed by atoms with Gasteiger partial charge in [0.25, 0.3) is 0 Å². The average molecular weight is 394 g/mol. The predicted octanol–water partition coefficient (Wildman–Crippen LogP) is 3.11. The Bertz CT molecular complexity index is 758. The van der Waals surface area contributed by atoms with Gasteiger partial charge in [0.15, 0.2) is 0 Å². The summed E-state index contributed by atoms with van der Waals surface area (Å²) in [7, 11) is 0. The summed E-state index contributed by atoms with van der Waals surface area (Å²) in [5, 5.41) is 4.24. The van der Waals surface area contributed by atoms with Crippen LogP contribution in [0.5, 0.6) is 0 Å². The number of carbonyl (C=O) groups excluding carboxylic acids is 1. The van der Waals surface area contributed by atoms with Crippen LogP contribution in [0.25, 0.3) is 0 Å². The topological polar surface area (TPSA) is 61.4 Å². The highest BCUT2D eigenvalue weighted by molar-refractivity contribution is 6.36. The van der Waals surface area contributed by atoms with E-state index in [9.17, 15) is 4.79 Å². The second-order valence-electron chi connectivity index (χ2n) is 6.04.